The second kappa shape index (κ2) is 7.64. The molecule has 5 heteroatoms. The van der Waals surface area contributed by atoms with Gasteiger partial charge in [0.05, 0.1) is 4.47 Å². The molecule has 0 saturated heterocycles. The van der Waals surface area contributed by atoms with Crippen molar-refractivity contribution >= 4 is 21.8 Å². The van der Waals surface area contributed by atoms with E-state index < -0.39 is 0 Å². The highest BCUT2D eigenvalue weighted by Gasteiger charge is 2.18. The number of carbonyl (C=O) groups is 1. The monoisotopic (exact) mass is 342 g/mol. The Labute approximate surface area is 129 Å². The third kappa shape index (κ3) is 5.51. The summed E-state index contributed by atoms with van der Waals surface area (Å²) in [5.74, 6) is 0.546. The van der Waals surface area contributed by atoms with Gasteiger partial charge in [0.2, 0.25) is 0 Å². The molecule has 0 aliphatic heterocycles. The van der Waals surface area contributed by atoms with Crippen LogP contribution >= 0.6 is 15.9 Å². The Morgan fingerprint density at radius 3 is 2.70 bits per heavy atom. The molecule has 0 atom stereocenters. The van der Waals surface area contributed by atoms with Crippen molar-refractivity contribution in [2.24, 2.45) is 5.73 Å². The number of hydrogen-bond donors (Lipinski definition) is 2. The first-order chi connectivity index (χ1) is 9.38. The van der Waals surface area contributed by atoms with Crippen molar-refractivity contribution in [2.45, 2.75) is 39.2 Å². The maximum absolute atomic E-state index is 11.8. The highest BCUT2D eigenvalue weighted by molar-refractivity contribution is 9.10. The second-order valence-electron chi connectivity index (χ2n) is 5.38. The highest BCUT2D eigenvalue weighted by atomic mass is 79.9. The fourth-order valence-electron chi connectivity index (χ4n) is 1.63. The largest absolute Gasteiger partial charge is 0.483 e. The topological polar surface area (TPSA) is 64.3 Å². The first kappa shape index (κ1) is 17.0. The van der Waals surface area contributed by atoms with Crippen molar-refractivity contribution in [3.8, 4) is 5.75 Å². The molecule has 3 N–H and O–H groups in total. The summed E-state index contributed by atoms with van der Waals surface area (Å²) in [5, 5.41) is 2.93. The van der Waals surface area contributed by atoms with Crippen LogP contribution in [0, 0.1) is 0 Å². The van der Waals surface area contributed by atoms with Crippen LogP contribution in [0.3, 0.4) is 0 Å². The van der Waals surface area contributed by atoms with Crippen LogP contribution in [0.5, 0.6) is 5.75 Å². The standard InChI is InChI=1S/C15H23BrN2O2/c1-4-15(2,3)18-14(19)10-20-13-6-5-11(7-8-17)9-12(13)16/h5-6,9H,4,7-8,10,17H2,1-3H3,(H,18,19). The molecule has 20 heavy (non-hydrogen) atoms. The van der Waals surface area contributed by atoms with E-state index in [1.165, 1.54) is 0 Å². The number of ether oxygens (including phenoxy) is 1. The summed E-state index contributed by atoms with van der Waals surface area (Å²) >= 11 is 3.44. The number of amides is 1. The minimum absolute atomic E-state index is 0.0122. The van der Waals surface area contributed by atoms with Gasteiger partial charge in [0.15, 0.2) is 6.61 Å². The average Bonchev–Trinajstić information content (AvgIpc) is 2.37. The molecule has 0 saturated carbocycles. The number of carbonyl (C=O) groups excluding carboxylic acids is 1. The zero-order valence-electron chi connectivity index (χ0n) is 12.3. The molecule has 1 aromatic carbocycles. The Balaban J connectivity index is 2.55. The van der Waals surface area contributed by atoms with Gasteiger partial charge in [-0.05, 0) is 66.9 Å². The molecule has 0 radical (unpaired) electrons. The van der Waals surface area contributed by atoms with Gasteiger partial charge in [0, 0.05) is 5.54 Å². The van der Waals surface area contributed by atoms with Crippen LogP contribution in [0.1, 0.15) is 32.8 Å². The van der Waals surface area contributed by atoms with E-state index in [1.807, 2.05) is 39.0 Å². The van der Waals surface area contributed by atoms with Gasteiger partial charge in [-0.2, -0.15) is 0 Å². The molecule has 0 fully saturated rings. The van der Waals surface area contributed by atoms with Gasteiger partial charge in [-0.15, -0.1) is 0 Å². The van der Waals surface area contributed by atoms with E-state index in [2.05, 4.69) is 21.2 Å². The maximum atomic E-state index is 11.8. The third-order valence-corrected chi connectivity index (χ3v) is 3.77. The summed E-state index contributed by atoms with van der Waals surface area (Å²) in [7, 11) is 0. The summed E-state index contributed by atoms with van der Waals surface area (Å²) in [6.45, 7) is 6.64. The van der Waals surface area contributed by atoms with Crippen LogP contribution < -0.4 is 15.8 Å². The van der Waals surface area contributed by atoms with Gasteiger partial charge in [-0.1, -0.05) is 13.0 Å². The number of nitrogens with two attached hydrogens (primary N) is 1. The van der Waals surface area contributed by atoms with E-state index in [4.69, 9.17) is 10.5 Å². The Bertz CT molecular complexity index is 461. The SMILES string of the molecule is CCC(C)(C)NC(=O)COc1ccc(CCN)cc1Br. The molecule has 0 aromatic heterocycles. The lowest BCUT2D eigenvalue weighted by Gasteiger charge is -2.24. The van der Waals surface area contributed by atoms with Crippen molar-refractivity contribution < 1.29 is 9.53 Å². The van der Waals surface area contributed by atoms with Crippen molar-refractivity contribution in [3.63, 3.8) is 0 Å². The Kier molecular flexibility index (Phi) is 6.49. The quantitative estimate of drug-likeness (QED) is 0.800. The Hall–Kier alpha value is -1.07. The predicted molar refractivity (Wildman–Crippen MR) is 84.9 cm³/mol. The third-order valence-electron chi connectivity index (χ3n) is 3.15. The fraction of sp³-hybridized carbons (Fsp3) is 0.533. The molecule has 4 nitrogen and oxygen atoms in total. The van der Waals surface area contributed by atoms with Crippen molar-refractivity contribution in [3.05, 3.63) is 28.2 Å². The molecule has 1 aromatic rings. The lowest BCUT2D eigenvalue weighted by Crippen LogP contribution is -2.44. The molecule has 1 rings (SSSR count). The predicted octanol–water partition coefficient (Wildman–Crippen LogP) is 2.63. The summed E-state index contributed by atoms with van der Waals surface area (Å²) < 4.78 is 6.37. The number of benzene rings is 1. The Morgan fingerprint density at radius 1 is 1.45 bits per heavy atom. The van der Waals surface area contributed by atoms with E-state index in [9.17, 15) is 4.79 Å². The molecule has 0 aliphatic carbocycles. The second-order valence-corrected chi connectivity index (χ2v) is 6.23. The van der Waals surface area contributed by atoms with Crippen LogP contribution in [0.15, 0.2) is 22.7 Å². The van der Waals surface area contributed by atoms with Crippen LogP contribution in [-0.4, -0.2) is 24.6 Å². The maximum Gasteiger partial charge on any atom is 0.258 e. The first-order valence-electron chi connectivity index (χ1n) is 6.80. The van der Waals surface area contributed by atoms with Crippen LogP contribution in [0.4, 0.5) is 0 Å². The number of nitrogens with one attached hydrogen (secondary N) is 1. The minimum atomic E-state index is -0.206. The van der Waals surface area contributed by atoms with E-state index in [1.54, 1.807) is 0 Å². The summed E-state index contributed by atoms with van der Waals surface area (Å²) in [6.07, 6.45) is 1.69. The van der Waals surface area contributed by atoms with E-state index in [-0.39, 0.29) is 18.1 Å². The van der Waals surface area contributed by atoms with Gasteiger partial charge >= 0.3 is 0 Å². The number of halogens is 1. The van der Waals surface area contributed by atoms with Crippen LogP contribution in [0.2, 0.25) is 0 Å². The van der Waals surface area contributed by atoms with E-state index in [0.29, 0.717) is 12.3 Å². The zero-order valence-corrected chi connectivity index (χ0v) is 13.9. The summed E-state index contributed by atoms with van der Waals surface area (Å²) in [4.78, 5) is 11.8. The lowest BCUT2D eigenvalue weighted by atomic mass is 10.0. The molecular weight excluding hydrogens is 320 g/mol. The van der Waals surface area contributed by atoms with E-state index >= 15 is 0 Å². The summed E-state index contributed by atoms with van der Waals surface area (Å²) in [5.41, 5.74) is 6.46. The molecule has 0 heterocycles. The van der Waals surface area contributed by atoms with Crippen LogP contribution in [0.25, 0.3) is 0 Å². The van der Waals surface area contributed by atoms with Crippen molar-refractivity contribution in [1.29, 1.82) is 0 Å². The normalized spacial score (nSPS) is 11.2. The van der Waals surface area contributed by atoms with Gasteiger partial charge in [0.1, 0.15) is 5.75 Å². The average molecular weight is 343 g/mol. The van der Waals surface area contributed by atoms with E-state index in [0.717, 1.165) is 22.9 Å². The van der Waals surface area contributed by atoms with Gasteiger partial charge in [-0.25, -0.2) is 0 Å². The molecule has 1 amide bonds. The molecule has 0 bridgehead atoms. The molecule has 0 spiro atoms. The molecular formula is C15H23BrN2O2. The lowest BCUT2D eigenvalue weighted by molar-refractivity contribution is -0.124. The van der Waals surface area contributed by atoms with Crippen LogP contribution in [-0.2, 0) is 11.2 Å². The highest BCUT2D eigenvalue weighted by Crippen LogP contribution is 2.26. The molecule has 0 unspecified atom stereocenters. The van der Waals surface area contributed by atoms with Gasteiger partial charge in [0.25, 0.3) is 5.91 Å². The summed E-state index contributed by atoms with van der Waals surface area (Å²) in [6, 6.07) is 5.78. The molecule has 0 aliphatic rings. The van der Waals surface area contributed by atoms with Crippen molar-refractivity contribution in [2.75, 3.05) is 13.2 Å². The fourth-order valence-corrected chi connectivity index (χ4v) is 2.17. The van der Waals surface area contributed by atoms with Gasteiger partial charge in [-0.3, -0.25) is 4.79 Å². The van der Waals surface area contributed by atoms with Crippen molar-refractivity contribution in [1.82, 2.24) is 5.32 Å². The number of hydrogen-bond acceptors (Lipinski definition) is 3. The smallest absolute Gasteiger partial charge is 0.258 e. The van der Waals surface area contributed by atoms with Gasteiger partial charge < -0.3 is 15.8 Å². The number of rotatable bonds is 7. The first-order valence-corrected chi connectivity index (χ1v) is 7.59. The zero-order chi connectivity index (χ0) is 15.2. The minimum Gasteiger partial charge on any atom is -0.483 e. The molecule has 112 valence electrons. The Morgan fingerprint density at radius 2 is 2.15 bits per heavy atom.